The number of hydrogen-bond donors (Lipinski definition) is 1. The van der Waals surface area contributed by atoms with E-state index in [1.54, 1.807) is 24.3 Å². The standard InChI is InChI=1S/C17H20F4IN3/c1-2-24-7-6-14(12(18)9-24)23-13-4-3-5-15-11(13)8-16(22)25(15)10-17(19,20)21/h3-5,8,12,14,23H,2,6-7,9-10H2,1H3/t12-,14+/m0/s1. The number of anilines is 1. The second-order valence-corrected chi connectivity index (χ2v) is 7.46. The van der Waals surface area contributed by atoms with Crippen LogP contribution in [0.2, 0.25) is 0 Å². The second-order valence-electron chi connectivity index (χ2n) is 6.36. The molecule has 3 nitrogen and oxygen atoms in total. The summed E-state index contributed by atoms with van der Waals surface area (Å²) in [5.74, 6) is 0. The Balaban J connectivity index is 1.87. The molecule has 138 valence electrons. The zero-order valence-electron chi connectivity index (χ0n) is 13.8. The average molecular weight is 469 g/mol. The van der Waals surface area contributed by atoms with Gasteiger partial charge in [-0.3, -0.25) is 0 Å². The first-order valence-corrected chi connectivity index (χ1v) is 9.34. The van der Waals surface area contributed by atoms with Gasteiger partial charge in [-0.2, -0.15) is 13.2 Å². The Morgan fingerprint density at radius 3 is 2.72 bits per heavy atom. The fraction of sp³-hybridized carbons (Fsp3) is 0.529. The van der Waals surface area contributed by atoms with Gasteiger partial charge in [-0.05, 0) is 53.8 Å². The third-order valence-corrected chi connectivity index (χ3v) is 5.54. The van der Waals surface area contributed by atoms with Crippen LogP contribution in [-0.4, -0.2) is 47.5 Å². The topological polar surface area (TPSA) is 20.2 Å². The van der Waals surface area contributed by atoms with E-state index < -0.39 is 18.9 Å². The SMILES string of the molecule is CCN1CC[C@@H](Nc2cccc3c2cc(I)n3CC(F)(F)F)[C@@H](F)C1. The van der Waals surface area contributed by atoms with Crippen LogP contribution in [0.5, 0.6) is 0 Å². The molecule has 2 atom stereocenters. The Labute approximate surface area is 157 Å². The second kappa shape index (κ2) is 7.30. The summed E-state index contributed by atoms with van der Waals surface area (Å²) in [5, 5.41) is 3.92. The molecule has 1 aliphatic heterocycles. The van der Waals surface area contributed by atoms with Crippen molar-refractivity contribution >= 4 is 39.2 Å². The molecule has 1 aliphatic rings. The van der Waals surface area contributed by atoms with Crippen LogP contribution in [0, 0.1) is 3.70 Å². The molecule has 1 saturated heterocycles. The van der Waals surface area contributed by atoms with Gasteiger partial charge >= 0.3 is 6.18 Å². The van der Waals surface area contributed by atoms with Crippen molar-refractivity contribution in [3.05, 3.63) is 28.0 Å². The van der Waals surface area contributed by atoms with Crippen LogP contribution in [0.1, 0.15) is 13.3 Å². The zero-order valence-corrected chi connectivity index (χ0v) is 15.9. The summed E-state index contributed by atoms with van der Waals surface area (Å²) >= 11 is 1.91. The predicted octanol–water partition coefficient (Wildman–Crippen LogP) is 4.65. The van der Waals surface area contributed by atoms with Crippen LogP contribution < -0.4 is 5.32 Å². The van der Waals surface area contributed by atoms with E-state index in [1.807, 2.05) is 29.5 Å². The highest BCUT2D eigenvalue weighted by molar-refractivity contribution is 14.1. The van der Waals surface area contributed by atoms with Gasteiger partial charge in [0.15, 0.2) is 0 Å². The molecular formula is C17H20F4IN3. The summed E-state index contributed by atoms with van der Waals surface area (Å²) in [6.07, 6.45) is -4.61. The number of alkyl halides is 4. The molecular weight excluding hydrogens is 449 g/mol. The van der Waals surface area contributed by atoms with Crippen LogP contribution in [0.15, 0.2) is 24.3 Å². The smallest absolute Gasteiger partial charge is 0.379 e. The lowest BCUT2D eigenvalue weighted by Gasteiger charge is -2.35. The number of piperidine rings is 1. The fourth-order valence-corrected chi connectivity index (χ4v) is 4.08. The first kappa shape index (κ1) is 18.8. The third-order valence-electron chi connectivity index (χ3n) is 4.65. The molecule has 0 radical (unpaired) electrons. The minimum Gasteiger partial charge on any atom is -0.379 e. The third kappa shape index (κ3) is 4.21. The highest BCUT2D eigenvalue weighted by Gasteiger charge is 2.31. The normalized spacial score (nSPS) is 22.5. The summed E-state index contributed by atoms with van der Waals surface area (Å²) < 4.78 is 54.7. The van der Waals surface area contributed by atoms with E-state index in [-0.39, 0.29) is 6.04 Å². The number of benzene rings is 1. The maximum Gasteiger partial charge on any atom is 0.406 e. The van der Waals surface area contributed by atoms with E-state index in [0.29, 0.717) is 33.3 Å². The first-order chi connectivity index (χ1) is 11.8. The highest BCUT2D eigenvalue weighted by Crippen LogP contribution is 2.32. The van der Waals surface area contributed by atoms with Crippen molar-refractivity contribution in [3.63, 3.8) is 0 Å². The van der Waals surface area contributed by atoms with Crippen molar-refractivity contribution in [2.45, 2.75) is 38.3 Å². The number of likely N-dealkylation sites (tertiary alicyclic amines) is 1. The van der Waals surface area contributed by atoms with Gasteiger partial charge in [-0.15, -0.1) is 0 Å². The van der Waals surface area contributed by atoms with Crippen molar-refractivity contribution in [3.8, 4) is 0 Å². The molecule has 25 heavy (non-hydrogen) atoms. The largest absolute Gasteiger partial charge is 0.406 e. The number of halogens is 5. The molecule has 1 aromatic carbocycles. The molecule has 3 rings (SSSR count). The molecule has 2 aromatic rings. The summed E-state index contributed by atoms with van der Waals surface area (Å²) in [4.78, 5) is 2.06. The van der Waals surface area contributed by atoms with Crippen LogP contribution in [0.25, 0.3) is 10.9 Å². The number of nitrogens with zero attached hydrogens (tertiary/aromatic N) is 2. The fourth-order valence-electron chi connectivity index (χ4n) is 3.34. The lowest BCUT2D eigenvalue weighted by molar-refractivity contribution is -0.140. The summed E-state index contributed by atoms with van der Waals surface area (Å²) in [6, 6.07) is 6.58. The molecule has 1 N–H and O–H groups in total. The van der Waals surface area contributed by atoms with Crippen molar-refractivity contribution in [2.75, 3.05) is 25.0 Å². The number of fused-ring (bicyclic) bond motifs is 1. The Morgan fingerprint density at radius 1 is 1.32 bits per heavy atom. The zero-order chi connectivity index (χ0) is 18.2. The Hall–Kier alpha value is -1.03. The number of aromatic nitrogens is 1. The number of hydrogen-bond acceptors (Lipinski definition) is 2. The van der Waals surface area contributed by atoms with Gasteiger partial charge in [0.2, 0.25) is 0 Å². The minimum atomic E-state index is -4.29. The van der Waals surface area contributed by atoms with E-state index in [9.17, 15) is 17.6 Å². The lowest BCUT2D eigenvalue weighted by atomic mass is 10.0. The Morgan fingerprint density at radius 2 is 2.08 bits per heavy atom. The molecule has 1 fully saturated rings. The maximum absolute atomic E-state index is 14.4. The van der Waals surface area contributed by atoms with Gasteiger partial charge in [0, 0.05) is 24.2 Å². The van der Waals surface area contributed by atoms with Gasteiger partial charge in [0.1, 0.15) is 12.7 Å². The lowest BCUT2D eigenvalue weighted by Crippen LogP contribution is -2.47. The summed E-state index contributed by atoms with van der Waals surface area (Å²) in [6.45, 7) is 3.00. The number of rotatable bonds is 4. The molecule has 8 heteroatoms. The van der Waals surface area contributed by atoms with Crippen molar-refractivity contribution in [2.24, 2.45) is 0 Å². The molecule has 2 heterocycles. The van der Waals surface area contributed by atoms with Gasteiger partial charge in [-0.1, -0.05) is 13.0 Å². The molecule has 0 saturated carbocycles. The van der Waals surface area contributed by atoms with E-state index >= 15 is 0 Å². The van der Waals surface area contributed by atoms with E-state index in [2.05, 4.69) is 10.2 Å². The molecule has 0 spiro atoms. The number of nitrogens with one attached hydrogen (secondary N) is 1. The maximum atomic E-state index is 14.4. The highest BCUT2D eigenvalue weighted by atomic mass is 127. The van der Waals surface area contributed by atoms with E-state index in [4.69, 9.17) is 0 Å². The van der Waals surface area contributed by atoms with Crippen LogP contribution >= 0.6 is 22.6 Å². The van der Waals surface area contributed by atoms with E-state index in [1.165, 1.54) is 4.57 Å². The molecule has 1 aromatic heterocycles. The Bertz CT molecular complexity index is 743. The molecule has 0 unspecified atom stereocenters. The quantitative estimate of drug-likeness (QED) is 0.520. The first-order valence-electron chi connectivity index (χ1n) is 8.26. The minimum absolute atomic E-state index is 0.322. The van der Waals surface area contributed by atoms with Crippen molar-refractivity contribution < 1.29 is 17.6 Å². The van der Waals surface area contributed by atoms with Crippen molar-refractivity contribution in [1.82, 2.24) is 9.47 Å². The van der Waals surface area contributed by atoms with Crippen LogP contribution in [-0.2, 0) is 6.54 Å². The van der Waals surface area contributed by atoms with Gasteiger partial charge in [0.05, 0.1) is 15.3 Å². The van der Waals surface area contributed by atoms with E-state index in [0.717, 1.165) is 13.1 Å². The van der Waals surface area contributed by atoms with Gasteiger partial charge in [0.25, 0.3) is 0 Å². The molecule has 0 amide bonds. The summed E-state index contributed by atoms with van der Waals surface area (Å²) in [5.41, 5.74) is 1.20. The average Bonchev–Trinajstić information content (AvgIpc) is 2.85. The van der Waals surface area contributed by atoms with Gasteiger partial charge in [-0.25, -0.2) is 4.39 Å². The molecule has 0 aliphatic carbocycles. The van der Waals surface area contributed by atoms with Gasteiger partial charge < -0.3 is 14.8 Å². The van der Waals surface area contributed by atoms with Crippen LogP contribution in [0.4, 0.5) is 23.2 Å². The summed E-state index contributed by atoms with van der Waals surface area (Å²) in [7, 11) is 0. The molecule has 0 bridgehead atoms. The van der Waals surface area contributed by atoms with Crippen molar-refractivity contribution in [1.29, 1.82) is 0 Å². The Kier molecular flexibility index (Phi) is 5.48. The monoisotopic (exact) mass is 469 g/mol. The predicted molar refractivity (Wildman–Crippen MR) is 99.7 cm³/mol. The van der Waals surface area contributed by atoms with Crippen LogP contribution in [0.3, 0.4) is 0 Å².